The van der Waals surface area contributed by atoms with E-state index in [2.05, 4.69) is 0 Å². The summed E-state index contributed by atoms with van der Waals surface area (Å²) < 4.78 is 21.8. The minimum Gasteiger partial charge on any atom is -0.462 e. The molecular weight excluding hydrogens is 420 g/mol. The van der Waals surface area contributed by atoms with E-state index in [1.165, 1.54) is 12.1 Å². The second-order valence-electron chi connectivity index (χ2n) is 7.56. The molecule has 2 aliphatic rings. The molecule has 0 radical (unpaired) electrons. The topological polar surface area (TPSA) is 199 Å². The molecule has 10 atom stereocenters. The molecule has 12 nitrogen and oxygen atoms in total. The molecule has 8 N–H and O–H groups in total. The van der Waals surface area contributed by atoms with E-state index in [0.29, 0.717) is 5.56 Å². The average Bonchev–Trinajstić information content (AvgIpc) is 2.76. The molecule has 1 aromatic carbocycles. The first kappa shape index (κ1) is 24.1. The zero-order chi connectivity index (χ0) is 22.9. The van der Waals surface area contributed by atoms with E-state index in [1.54, 1.807) is 13.0 Å². The molecule has 0 bridgehead atoms. The Kier molecular flexibility index (Phi) is 7.70. The summed E-state index contributed by atoms with van der Waals surface area (Å²) in [6, 6.07) is 4.47. The average molecular weight is 448 g/mol. The number of rotatable bonds is 6. The lowest BCUT2D eigenvalue weighted by atomic mass is 9.99. The summed E-state index contributed by atoms with van der Waals surface area (Å²) in [6.45, 7) is 0.463. The van der Waals surface area contributed by atoms with Crippen molar-refractivity contribution in [1.29, 1.82) is 0 Å². The Morgan fingerprint density at radius 1 is 0.710 bits per heavy atom. The fourth-order valence-corrected chi connectivity index (χ4v) is 3.37. The van der Waals surface area contributed by atoms with Gasteiger partial charge in [-0.25, -0.2) is 0 Å². The number of hydrogen-bond donors (Lipinski definition) is 8. The van der Waals surface area contributed by atoms with Crippen LogP contribution in [0, 0.1) is 6.92 Å². The predicted molar refractivity (Wildman–Crippen MR) is 100.0 cm³/mol. The molecular formula is C19H28O12. The van der Waals surface area contributed by atoms with Crippen molar-refractivity contribution >= 4 is 0 Å². The maximum absolute atomic E-state index is 10.1. The van der Waals surface area contributed by atoms with Crippen molar-refractivity contribution in [2.24, 2.45) is 0 Å². The highest BCUT2D eigenvalue weighted by Crippen LogP contribution is 2.31. The summed E-state index contributed by atoms with van der Waals surface area (Å²) >= 11 is 0. The van der Waals surface area contributed by atoms with E-state index >= 15 is 0 Å². The van der Waals surface area contributed by atoms with Crippen molar-refractivity contribution in [3.05, 3.63) is 23.8 Å². The Labute approximate surface area is 177 Å². The summed E-state index contributed by atoms with van der Waals surface area (Å²) in [5, 5.41) is 78.3. The third-order valence-corrected chi connectivity index (χ3v) is 5.35. The van der Waals surface area contributed by atoms with Crippen molar-refractivity contribution in [3.63, 3.8) is 0 Å². The van der Waals surface area contributed by atoms with Crippen molar-refractivity contribution in [3.8, 4) is 11.5 Å². The van der Waals surface area contributed by atoms with Gasteiger partial charge in [-0.15, -0.1) is 0 Å². The zero-order valence-corrected chi connectivity index (χ0v) is 16.6. The minimum absolute atomic E-state index is 0.120. The number of aliphatic hydroxyl groups excluding tert-OH is 8. The Bertz CT molecular complexity index is 728. The van der Waals surface area contributed by atoms with E-state index in [1.807, 2.05) is 0 Å². The lowest BCUT2D eigenvalue weighted by Gasteiger charge is -2.40. The number of hydrogen-bond acceptors (Lipinski definition) is 12. The van der Waals surface area contributed by atoms with Gasteiger partial charge in [-0.05, 0) is 18.6 Å². The summed E-state index contributed by atoms with van der Waals surface area (Å²) in [4.78, 5) is 0. The second kappa shape index (κ2) is 9.92. The number of aryl methyl sites for hydroxylation is 1. The molecule has 6 unspecified atom stereocenters. The van der Waals surface area contributed by atoms with Gasteiger partial charge in [-0.2, -0.15) is 0 Å². The molecule has 31 heavy (non-hydrogen) atoms. The van der Waals surface area contributed by atoms with E-state index < -0.39 is 74.6 Å². The highest BCUT2D eigenvalue weighted by Gasteiger charge is 2.46. The first-order chi connectivity index (χ1) is 14.7. The zero-order valence-electron chi connectivity index (χ0n) is 16.6. The maximum Gasteiger partial charge on any atom is 0.229 e. The molecule has 0 saturated carbocycles. The van der Waals surface area contributed by atoms with Crippen LogP contribution in [0.5, 0.6) is 11.5 Å². The fraction of sp³-hybridized carbons (Fsp3) is 0.684. The molecule has 2 heterocycles. The third kappa shape index (κ3) is 4.93. The monoisotopic (exact) mass is 448 g/mol. The van der Waals surface area contributed by atoms with Crippen LogP contribution in [-0.4, -0.2) is 115 Å². The van der Waals surface area contributed by atoms with Gasteiger partial charge < -0.3 is 59.8 Å². The van der Waals surface area contributed by atoms with Crippen LogP contribution < -0.4 is 9.47 Å². The molecule has 3 rings (SSSR count). The van der Waals surface area contributed by atoms with Gasteiger partial charge in [0, 0.05) is 6.07 Å². The van der Waals surface area contributed by atoms with Crippen LogP contribution in [0.25, 0.3) is 0 Å². The highest BCUT2D eigenvalue weighted by molar-refractivity contribution is 5.40. The Balaban J connectivity index is 1.74. The van der Waals surface area contributed by atoms with Crippen LogP contribution in [-0.2, 0) is 9.47 Å². The van der Waals surface area contributed by atoms with E-state index in [0.717, 1.165) is 0 Å². The van der Waals surface area contributed by atoms with E-state index in [9.17, 15) is 40.9 Å². The van der Waals surface area contributed by atoms with Gasteiger partial charge in [0.05, 0.1) is 13.2 Å². The van der Waals surface area contributed by atoms with Crippen LogP contribution in [0.4, 0.5) is 0 Å². The molecule has 0 aliphatic carbocycles. The van der Waals surface area contributed by atoms with Crippen molar-refractivity contribution in [2.45, 2.75) is 68.3 Å². The maximum atomic E-state index is 10.1. The van der Waals surface area contributed by atoms with Gasteiger partial charge in [0.15, 0.2) is 0 Å². The summed E-state index contributed by atoms with van der Waals surface area (Å²) in [7, 11) is 0. The lowest BCUT2D eigenvalue weighted by Crippen LogP contribution is -2.60. The molecule has 2 aliphatic heterocycles. The van der Waals surface area contributed by atoms with Crippen molar-refractivity contribution < 1.29 is 59.8 Å². The van der Waals surface area contributed by atoms with Crippen LogP contribution in [0.1, 0.15) is 5.56 Å². The van der Waals surface area contributed by atoms with Crippen LogP contribution in [0.15, 0.2) is 18.2 Å². The highest BCUT2D eigenvalue weighted by atomic mass is 16.7. The lowest BCUT2D eigenvalue weighted by molar-refractivity contribution is -0.278. The van der Waals surface area contributed by atoms with Gasteiger partial charge in [0.25, 0.3) is 0 Å². The van der Waals surface area contributed by atoms with Gasteiger partial charge in [-0.1, -0.05) is 6.07 Å². The molecule has 0 amide bonds. The molecule has 2 saturated heterocycles. The third-order valence-electron chi connectivity index (χ3n) is 5.35. The second-order valence-corrected chi connectivity index (χ2v) is 7.56. The molecule has 0 aromatic heterocycles. The molecule has 176 valence electrons. The predicted octanol–water partition coefficient (Wildman–Crippen LogP) is -3.65. The Morgan fingerprint density at radius 3 is 1.68 bits per heavy atom. The van der Waals surface area contributed by atoms with Crippen LogP contribution in [0.3, 0.4) is 0 Å². The molecule has 2 fully saturated rings. The normalized spacial score (nSPS) is 41.1. The van der Waals surface area contributed by atoms with Crippen LogP contribution >= 0.6 is 0 Å². The Hall–Kier alpha value is -1.58. The molecule has 0 spiro atoms. The number of aliphatic hydroxyl groups is 8. The number of ether oxygens (including phenoxy) is 4. The van der Waals surface area contributed by atoms with Crippen LogP contribution in [0.2, 0.25) is 0 Å². The van der Waals surface area contributed by atoms with Crippen molar-refractivity contribution in [1.82, 2.24) is 0 Å². The summed E-state index contributed by atoms with van der Waals surface area (Å²) in [6.07, 6.45) is -14.6. The van der Waals surface area contributed by atoms with Gasteiger partial charge >= 0.3 is 0 Å². The summed E-state index contributed by atoms with van der Waals surface area (Å²) in [5.74, 6) is 0.279. The first-order valence-electron chi connectivity index (χ1n) is 9.73. The standard InChI is InChI=1S/C19H28O12/c1-7-2-3-8(28-18-16(26)14(24)12(22)10(5-20)30-18)4-9(7)29-19-17(27)15(25)13(23)11(6-21)31-19/h2-4,10-27H,5-6H2,1H3/t10?,11?,12-,13-,14?,15?,16?,17?,18-,19-/m1/s1. The van der Waals surface area contributed by atoms with Crippen molar-refractivity contribution in [2.75, 3.05) is 13.2 Å². The van der Waals surface area contributed by atoms with Gasteiger partial charge in [0.1, 0.15) is 60.3 Å². The quantitative estimate of drug-likeness (QED) is 0.213. The van der Waals surface area contributed by atoms with Gasteiger partial charge in [0.2, 0.25) is 12.6 Å². The first-order valence-corrected chi connectivity index (χ1v) is 9.73. The van der Waals surface area contributed by atoms with E-state index in [-0.39, 0.29) is 11.5 Å². The summed E-state index contributed by atoms with van der Waals surface area (Å²) in [5.41, 5.74) is 0.582. The minimum atomic E-state index is -1.61. The Morgan fingerprint density at radius 2 is 1.19 bits per heavy atom. The smallest absolute Gasteiger partial charge is 0.229 e. The molecule has 1 aromatic rings. The fourth-order valence-electron chi connectivity index (χ4n) is 3.37. The van der Waals surface area contributed by atoms with Gasteiger partial charge in [-0.3, -0.25) is 0 Å². The SMILES string of the molecule is Cc1ccc(O[C@@H]2OC(CO)[C@@H](O)C(O)C2O)cc1O[C@@H]1OC(CO)[C@@H](O)C(O)C1O. The molecule has 12 heteroatoms. The van der Waals surface area contributed by atoms with E-state index in [4.69, 9.17) is 18.9 Å². The largest absolute Gasteiger partial charge is 0.462 e. The number of benzene rings is 1.